The second-order valence-electron chi connectivity index (χ2n) is 8.41. The highest BCUT2D eigenvalue weighted by Crippen LogP contribution is 2.41. The largest absolute Gasteiger partial charge is 0.412 e. The van der Waals surface area contributed by atoms with Crippen LogP contribution < -0.4 is 0 Å². The lowest BCUT2D eigenvalue weighted by molar-refractivity contribution is -0.123. The van der Waals surface area contributed by atoms with Crippen LogP contribution in [0.1, 0.15) is 47.5 Å². The van der Waals surface area contributed by atoms with Crippen molar-refractivity contribution >= 4 is 14.1 Å². The third-order valence-electron chi connectivity index (χ3n) is 5.25. The van der Waals surface area contributed by atoms with Gasteiger partial charge in [-0.15, -0.1) is 6.58 Å². The van der Waals surface area contributed by atoms with Crippen LogP contribution in [0.2, 0.25) is 18.1 Å². The normalized spacial score (nSPS) is 22.9. The van der Waals surface area contributed by atoms with E-state index in [0.717, 1.165) is 18.4 Å². The molecule has 1 rings (SSSR count). The molecule has 0 aliphatic heterocycles. The van der Waals surface area contributed by atoms with Crippen molar-refractivity contribution in [1.29, 1.82) is 0 Å². The molecule has 0 radical (unpaired) electrons. The van der Waals surface area contributed by atoms with Crippen LogP contribution in [0.25, 0.3) is 0 Å². The Hall–Kier alpha value is -0.673. The fourth-order valence-corrected chi connectivity index (χ4v) is 3.35. The number of carbonyl (C=O) groups excluding carboxylic acids is 1. The summed E-state index contributed by atoms with van der Waals surface area (Å²) < 4.78 is 6.22. The minimum Gasteiger partial charge on any atom is -0.412 e. The Balaban J connectivity index is 2.84. The smallest absolute Gasteiger partial charge is 0.192 e. The highest BCUT2D eigenvalue weighted by molar-refractivity contribution is 6.74. The van der Waals surface area contributed by atoms with Gasteiger partial charge in [0, 0.05) is 11.5 Å². The SMILES string of the molecule is C=CC[C@H]1C(=O)C(CO[Si](C)(C)C(C)(C)C)=CCC1(C)C. The van der Waals surface area contributed by atoms with Crippen LogP contribution >= 0.6 is 0 Å². The highest BCUT2D eigenvalue weighted by atomic mass is 28.4. The van der Waals surface area contributed by atoms with Crippen molar-refractivity contribution in [3.63, 3.8) is 0 Å². The van der Waals surface area contributed by atoms with E-state index in [1.807, 2.05) is 6.08 Å². The summed E-state index contributed by atoms with van der Waals surface area (Å²) in [6.45, 7) is 19.7. The van der Waals surface area contributed by atoms with Crippen LogP contribution in [0.4, 0.5) is 0 Å². The first-order valence-corrected chi connectivity index (χ1v) is 10.8. The van der Waals surface area contributed by atoms with Gasteiger partial charge in [0.1, 0.15) is 0 Å². The topological polar surface area (TPSA) is 26.3 Å². The molecule has 2 nitrogen and oxygen atoms in total. The number of hydrogen-bond acceptors (Lipinski definition) is 2. The lowest BCUT2D eigenvalue weighted by Crippen LogP contribution is -2.43. The van der Waals surface area contributed by atoms with Gasteiger partial charge in [0.2, 0.25) is 0 Å². The number of Topliss-reactive ketones (excluding diaryl/α,β-unsaturated/α-hetero) is 1. The van der Waals surface area contributed by atoms with Crippen LogP contribution in [0, 0.1) is 11.3 Å². The zero-order chi connectivity index (χ0) is 16.5. The van der Waals surface area contributed by atoms with Crippen molar-refractivity contribution in [2.45, 2.75) is 65.6 Å². The lowest BCUT2D eigenvalue weighted by atomic mass is 9.67. The van der Waals surface area contributed by atoms with Gasteiger partial charge < -0.3 is 4.43 Å². The zero-order valence-corrected chi connectivity index (χ0v) is 15.9. The second kappa shape index (κ2) is 6.21. The van der Waals surface area contributed by atoms with Crippen molar-refractivity contribution in [1.82, 2.24) is 0 Å². The molecule has 0 bridgehead atoms. The number of carbonyl (C=O) groups is 1. The average Bonchev–Trinajstić information content (AvgIpc) is 2.32. The predicted molar refractivity (Wildman–Crippen MR) is 92.9 cm³/mol. The van der Waals surface area contributed by atoms with E-state index in [1.54, 1.807) is 0 Å². The summed E-state index contributed by atoms with van der Waals surface area (Å²) in [5.41, 5.74) is 0.886. The minimum atomic E-state index is -1.81. The lowest BCUT2D eigenvalue weighted by Gasteiger charge is -2.39. The number of hydrogen-bond donors (Lipinski definition) is 0. The molecule has 0 N–H and O–H groups in total. The van der Waals surface area contributed by atoms with Crippen LogP contribution in [0.15, 0.2) is 24.3 Å². The van der Waals surface area contributed by atoms with E-state index in [2.05, 4.69) is 60.4 Å². The van der Waals surface area contributed by atoms with Gasteiger partial charge in [-0.05, 0) is 36.4 Å². The first-order chi connectivity index (χ1) is 9.42. The Morgan fingerprint density at radius 1 is 1.43 bits per heavy atom. The van der Waals surface area contributed by atoms with Crippen LogP contribution in [-0.4, -0.2) is 20.7 Å². The molecule has 1 atom stereocenters. The van der Waals surface area contributed by atoms with E-state index in [-0.39, 0.29) is 22.2 Å². The molecular formula is C18H32O2Si. The second-order valence-corrected chi connectivity index (χ2v) is 13.2. The molecule has 0 saturated heterocycles. The van der Waals surface area contributed by atoms with Crippen molar-refractivity contribution in [3.05, 3.63) is 24.3 Å². The molecule has 21 heavy (non-hydrogen) atoms. The van der Waals surface area contributed by atoms with Crippen LogP contribution in [0.3, 0.4) is 0 Å². The quantitative estimate of drug-likeness (QED) is 0.520. The first-order valence-electron chi connectivity index (χ1n) is 7.90. The molecule has 0 aromatic heterocycles. The molecule has 0 amide bonds. The molecule has 0 saturated carbocycles. The van der Waals surface area contributed by atoms with Crippen molar-refractivity contribution in [2.24, 2.45) is 11.3 Å². The maximum Gasteiger partial charge on any atom is 0.192 e. The van der Waals surface area contributed by atoms with Gasteiger partial charge in [0.15, 0.2) is 14.1 Å². The van der Waals surface area contributed by atoms with Crippen molar-refractivity contribution < 1.29 is 9.22 Å². The van der Waals surface area contributed by atoms with Gasteiger partial charge in [-0.2, -0.15) is 0 Å². The predicted octanol–water partition coefficient (Wildman–Crippen LogP) is 5.13. The summed E-state index contributed by atoms with van der Waals surface area (Å²) >= 11 is 0. The van der Waals surface area contributed by atoms with E-state index in [1.165, 1.54) is 0 Å². The third-order valence-corrected chi connectivity index (χ3v) is 9.73. The Morgan fingerprint density at radius 3 is 2.48 bits per heavy atom. The number of allylic oxidation sites excluding steroid dienone is 2. The summed E-state index contributed by atoms with van der Waals surface area (Å²) in [6.07, 6.45) is 5.65. The van der Waals surface area contributed by atoms with Crippen molar-refractivity contribution in [3.8, 4) is 0 Å². The van der Waals surface area contributed by atoms with Gasteiger partial charge in [-0.1, -0.05) is 46.8 Å². The molecule has 1 aliphatic rings. The number of ketones is 1. The molecule has 0 spiro atoms. The molecule has 0 aromatic rings. The molecule has 0 unspecified atom stereocenters. The first kappa shape index (κ1) is 18.4. The maximum atomic E-state index is 12.7. The molecule has 0 aromatic carbocycles. The van der Waals surface area contributed by atoms with E-state index in [9.17, 15) is 4.79 Å². The Bertz CT molecular complexity index is 439. The summed E-state index contributed by atoms with van der Waals surface area (Å²) in [7, 11) is -1.81. The molecule has 3 heteroatoms. The molecule has 1 aliphatic carbocycles. The zero-order valence-electron chi connectivity index (χ0n) is 14.9. The minimum absolute atomic E-state index is 0.0196. The molecule has 0 fully saturated rings. The van der Waals surface area contributed by atoms with E-state index in [4.69, 9.17) is 4.43 Å². The molecular weight excluding hydrogens is 276 g/mol. The van der Waals surface area contributed by atoms with Gasteiger partial charge in [0.25, 0.3) is 0 Å². The number of rotatable bonds is 5. The standard InChI is InChI=1S/C18H32O2Si/c1-9-10-15-16(19)14(11-12-18(15,5)6)13-20-21(7,8)17(2,3)4/h9,11,15H,1,10,12-13H2,2-8H3/t15-/m0/s1. The average molecular weight is 309 g/mol. The van der Waals surface area contributed by atoms with E-state index < -0.39 is 8.32 Å². The molecule has 120 valence electrons. The molecule has 0 heterocycles. The Kier molecular flexibility index (Phi) is 5.44. The summed E-state index contributed by atoms with van der Waals surface area (Å²) in [5, 5.41) is 0.172. The van der Waals surface area contributed by atoms with Crippen molar-refractivity contribution in [2.75, 3.05) is 6.61 Å². The Labute approximate surface area is 131 Å². The van der Waals surface area contributed by atoms with Gasteiger partial charge >= 0.3 is 0 Å². The van der Waals surface area contributed by atoms with E-state index >= 15 is 0 Å². The third kappa shape index (κ3) is 4.16. The fourth-order valence-electron chi connectivity index (χ4n) is 2.41. The van der Waals surface area contributed by atoms with Crippen LogP contribution in [0.5, 0.6) is 0 Å². The monoisotopic (exact) mass is 308 g/mol. The summed E-state index contributed by atoms with van der Waals surface area (Å²) in [5.74, 6) is 0.294. The maximum absolute atomic E-state index is 12.7. The van der Waals surface area contributed by atoms with Gasteiger partial charge in [-0.25, -0.2) is 0 Å². The van der Waals surface area contributed by atoms with Gasteiger partial charge in [-0.3, -0.25) is 4.79 Å². The summed E-state index contributed by atoms with van der Waals surface area (Å²) in [4.78, 5) is 12.7. The van der Waals surface area contributed by atoms with E-state index in [0.29, 0.717) is 6.61 Å². The highest BCUT2D eigenvalue weighted by Gasteiger charge is 2.41. The van der Waals surface area contributed by atoms with Crippen LogP contribution in [-0.2, 0) is 9.22 Å². The Morgan fingerprint density at radius 2 is 2.00 bits per heavy atom. The van der Waals surface area contributed by atoms with Gasteiger partial charge in [0.05, 0.1) is 6.61 Å². The summed E-state index contributed by atoms with van der Waals surface area (Å²) in [6, 6.07) is 0. The fraction of sp³-hybridized carbons (Fsp3) is 0.722.